The highest BCUT2D eigenvalue weighted by Crippen LogP contribution is 2.13. The van der Waals surface area contributed by atoms with Crippen LogP contribution in [0.15, 0.2) is 47.5 Å². The van der Waals surface area contributed by atoms with Crippen LogP contribution < -0.4 is 0 Å². The first-order valence-corrected chi connectivity index (χ1v) is 4.42. The van der Waals surface area contributed by atoms with Crippen molar-refractivity contribution in [2.24, 2.45) is 4.99 Å². The van der Waals surface area contributed by atoms with Gasteiger partial charge in [-0.3, -0.25) is 0 Å². The first kappa shape index (κ1) is 8.60. The van der Waals surface area contributed by atoms with Gasteiger partial charge in [0.05, 0.1) is 5.69 Å². The number of rotatable bonds is 1. The fourth-order valence-electron chi connectivity index (χ4n) is 1.34. The summed E-state index contributed by atoms with van der Waals surface area (Å²) in [6.45, 7) is 0. The summed E-state index contributed by atoms with van der Waals surface area (Å²) >= 11 is 0. The van der Waals surface area contributed by atoms with E-state index in [0.29, 0.717) is 5.71 Å². The Labute approximate surface area is 82.0 Å². The van der Waals surface area contributed by atoms with Crippen molar-refractivity contribution in [3.8, 4) is 0 Å². The maximum Gasteiger partial charge on any atom is 0.336 e. The molecule has 1 aromatic carbocycles. The Bertz CT molecular complexity index is 437. The molecule has 1 aliphatic carbocycles. The summed E-state index contributed by atoms with van der Waals surface area (Å²) in [5.41, 5.74) is 10.9. The van der Waals surface area contributed by atoms with Crippen molar-refractivity contribution in [2.45, 2.75) is 6.42 Å². The van der Waals surface area contributed by atoms with Crippen LogP contribution in [0.2, 0.25) is 0 Å². The maximum absolute atomic E-state index is 8.67. The number of aliphatic imine (C=N–C) groups is 1. The molecule has 2 rings (SSSR count). The molecule has 0 radical (unpaired) electrons. The molecule has 0 amide bonds. The van der Waals surface area contributed by atoms with Gasteiger partial charge >= 0.3 is 5.71 Å². The summed E-state index contributed by atoms with van der Waals surface area (Å²) in [6.07, 6.45) is 4.42. The van der Waals surface area contributed by atoms with Gasteiger partial charge in [-0.05, 0) is 12.1 Å². The summed E-state index contributed by atoms with van der Waals surface area (Å²) in [4.78, 5) is 7.54. The van der Waals surface area contributed by atoms with Gasteiger partial charge in [0.2, 0.25) is 0 Å². The van der Waals surface area contributed by atoms with Gasteiger partial charge in [-0.25, -0.2) is 4.99 Å². The third kappa shape index (κ3) is 1.68. The van der Waals surface area contributed by atoms with Crippen LogP contribution in [-0.4, -0.2) is 16.2 Å². The van der Waals surface area contributed by atoms with Crippen molar-refractivity contribution in [1.82, 2.24) is 0 Å². The van der Waals surface area contributed by atoms with E-state index in [4.69, 9.17) is 5.53 Å². The van der Waals surface area contributed by atoms with Gasteiger partial charge in [0.1, 0.15) is 5.71 Å². The Balaban J connectivity index is 2.33. The van der Waals surface area contributed by atoms with E-state index in [9.17, 15) is 0 Å². The summed E-state index contributed by atoms with van der Waals surface area (Å²) in [5, 5.41) is 0. The predicted molar refractivity (Wildman–Crippen MR) is 55.9 cm³/mol. The quantitative estimate of drug-likeness (QED) is 0.474. The standard InChI is InChI=1S/C11H9N3/c12-14-11-8-4-7-10(11)13-9-5-2-1-3-6-9/h1-6,8H,7H2. The topological polar surface area (TPSA) is 48.8 Å². The zero-order valence-electron chi connectivity index (χ0n) is 7.59. The lowest BCUT2D eigenvalue weighted by Gasteiger charge is -1.92. The third-order valence-corrected chi connectivity index (χ3v) is 2.01. The molecule has 3 nitrogen and oxygen atoms in total. The van der Waals surface area contributed by atoms with E-state index in [0.717, 1.165) is 17.8 Å². The Morgan fingerprint density at radius 2 is 2.00 bits per heavy atom. The first-order valence-electron chi connectivity index (χ1n) is 4.42. The second kappa shape index (κ2) is 3.81. The van der Waals surface area contributed by atoms with E-state index in [1.165, 1.54) is 0 Å². The summed E-state index contributed by atoms with van der Waals surface area (Å²) in [7, 11) is 0. The largest absolute Gasteiger partial charge is 0.361 e. The molecule has 0 saturated heterocycles. The van der Waals surface area contributed by atoms with Crippen molar-refractivity contribution >= 4 is 17.1 Å². The molecule has 0 saturated carbocycles. The Hall–Kier alpha value is -1.99. The molecule has 0 fully saturated rings. The molecule has 1 aromatic rings. The van der Waals surface area contributed by atoms with Gasteiger partial charge in [-0.15, -0.1) is 0 Å². The van der Waals surface area contributed by atoms with E-state index in [1.807, 2.05) is 36.4 Å². The van der Waals surface area contributed by atoms with Crippen LogP contribution in [0, 0.1) is 0 Å². The van der Waals surface area contributed by atoms with Gasteiger partial charge in [0, 0.05) is 12.5 Å². The van der Waals surface area contributed by atoms with Gasteiger partial charge in [-0.1, -0.05) is 24.3 Å². The highest BCUT2D eigenvalue weighted by molar-refractivity contribution is 6.47. The monoisotopic (exact) mass is 183 g/mol. The van der Waals surface area contributed by atoms with Gasteiger partial charge in [0.15, 0.2) is 0 Å². The summed E-state index contributed by atoms with van der Waals surface area (Å²) in [6, 6.07) is 9.63. The third-order valence-electron chi connectivity index (χ3n) is 2.01. The number of hydrogen-bond donors (Lipinski definition) is 0. The molecule has 1 aliphatic rings. The minimum Gasteiger partial charge on any atom is -0.361 e. The maximum atomic E-state index is 8.67. The van der Waals surface area contributed by atoms with Gasteiger partial charge in [0.25, 0.3) is 0 Å². The Kier molecular flexibility index (Phi) is 2.34. The smallest absolute Gasteiger partial charge is 0.336 e. The second-order valence-electron chi connectivity index (χ2n) is 2.99. The molecular weight excluding hydrogens is 174 g/mol. The average molecular weight is 183 g/mol. The number of nitrogens with zero attached hydrogens (tertiary/aromatic N) is 3. The predicted octanol–water partition coefficient (Wildman–Crippen LogP) is 2.39. The van der Waals surface area contributed by atoms with Crippen LogP contribution in [0.25, 0.3) is 5.53 Å². The zero-order chi connectivity index (χ0) is 9.80. The minimum absolute atomic E-state index is 0.550. The Morgan fingerprint density at radius 1 is 1.21 bits per heavy atom. The molecular formula is C11H9N3. The van der Waals surface area contributed by atoms with Crippen LogP contribution in [0.1, 0.15) is 6.42 Å². The van der Waals surface area contributed by atoms with Crippen molar-refractivity contribution in [2.75, 3.05) is 0 Å². The number of allylic oxidation sites excluding steroid dienone is 2. The Morgan fingerprint density at radius 3 is 2.71 bits per heavy atom. The number of para-hydroxylation sites is 1. The molecule has 0 heterocycles. The van der Waals surface area contributed by atoms with Crippen LogP contribution in [0.5, 0.6) is 0 Å². The lowest BCUT2D eigenvalue weighted by molar-refractivity contribution is 0.000317. The van der Waals surface area contributed by atoms with Crippen molar-refractivity contribution < 1.29 is 4.79 Å². The molecule has 0 unspecified atom stereocenters. The zero-order valence-corrected chi connectivity index (χ0v) is 7.59. The lowest BCUT2D eigenvalue weighted by Crippen LogP contribution is -2.05. The first-order chi connectivity index (χ1) is 6.90. The highest BCUT2D eigenvalue weighted by atomic mass is 14.9. The molecule has 0 spiro atoms. The van der Waals surface area contributed by atoms with Crippen molar-refractivity contribution in [3.05, 3.63) is 48.0 Å². The van der Waals surface area contributed by atoms with Crippen LogP contribution >= 0.6 is 0 Å². The highest BCUT2D eigenvalue weighted by Gasteiger charge is 2.18. The molecule has 68 valence electrons. The fourth-order valence-corrected chi connectivity index (χ4v) is 1.34. The SMILES string of the molecule is [N-]=[N+]=C1C=CCC1=Nc1ccccc1. The molecule has 0 bridgehead atoms. The van der Waals surface area contributed by atoms with E-state index in [1.54, 1.807) is 6.08 Å². The normalized spacial score (nSPS) is 17.4. The second-order valence-corrected chi connectivity index (χ2v) is 2.99. The molecule has 0 aliphatic heterocycles. The van der Waals surface area contributed by atoms with E-state index in [2.05, 4.69) is 9.78 Å². The fraction of sp³-hybridized carbons (Fsp3) is 0.0909. The van der Waals surface area contributed by atoms with E-state index < -0.39 is 0 Å². The van der Waals surface area contributed by atoms with Gasteiger partial charge < -0.3 is 5.53 Å². The van der Waals surface area contributed by atoms with Crippen LogP contribution in [-0.2, 0) is 0 Å². The van der Waals surface area contributed by atoms with E-state index >= 15 is 0 Å². The number of hydrogen-bond acceptors (Lipinski definition) is 1. The number of benzene rings is 1. The minimum atomic E-state index is 0.550. The van der Waals surface area contributed by atoms with Crippen LogP contribution in [0.3, 0.4) is 0 Å². The molecule has 14 heavy (non-hydrogen) atoms. The van der Waals surface area contributed by atoms with E-state index in [-0.39, 0.29) is 0 Å². The van der Waals surface area contributed by atoms with Gasteiger partial charge in [-0.2, -0.15) is 4.79 Å². The summed E-state index contributed by atoms with van der Waals surface area (Å²) < 4.78 is 0. The molecule has 0 atom stereocenters. The molecule has 0 aromatic heterocycles. The molecule has 0 N–H and O–H groups in total. The van der Waals surface area contributed by atoms with Crippen molar-refractivity contribution in [1.29, 1.82) is 0 Å². The molecule has 3 heteroatoms. The average Bonchev–Trinajstić information content (AvgIpc) is 2.67. The summed E-state index contributed by atoms with van der Waals surface area (Å²) in [5.74, 6) is 0. The van der Waals surface area contributed by atoms with Crippen LogP contribution in [0.4, 0.5) is 5.69 Å². The van der Waals surface area contributed by atoms with Crippen molar-refractivity contribution in [3.63, 3.8) is 0 Å². The lowest BCUT2D eigenvalue weighted by atomic mass is 10.2.